The number of amides is 2. The number of carbonyl (C=O) groups is 3. The lowest BCUT2D eigenvalue weighted by Gasteiger charge is -2.14. The van der Waals surface area contributed by atoms with Crippen molar-refractivity contribution < 1.29 is 33.8 Å². The molecule has 2 aliphatic rings. The van der Waals surface area contributed by atoms with Crippen LogP contribution in [0.1, 0.15) is 93.4 Å². The van der Waals surface area contributed by atoms with Crippen molar-refractivity contribution in [1.29, 1.82) is 0 Å². The lowest BCUT2D eigenvalue weighted by atomic mass is 9.98. The molecule has 13 nitrogen and oxygen atoms in total. The number of rotatable bonds is 17. The minimum absolute atomic E-state index is 0.108. The molecule has 6 N–H and O–H groups in total. The second kappa shape index (κ2) is 23.4. The van der Waals surface area contributed by atoms with Crippen LogP contribution in [0.2, 0.25) is 0 Å². The average Bonchev–Trinajstić information content (AvgIpc) is 3.70. The van der Waals surface area contributed by atoms with E-state index >= 15 is 0 Å². The second-order valence-electron chi connectivity index (χ2n) is 14.6. The molecule has 0 saturated heterocycles. The summed E-state index contributed by atoms with van der Waals surface area (Å²) in [6, 6.07) is 33.8. The Bertz CT molecular complexity index is 1720. The number of nitrogens with one attached hydrogen (secondary N) is 2. The molecule has 2 atom stereocenters. The number of nitrogens with two attached hydrogens (primary N) is 2. The van der Waals surface area contributed by atoms with Gasteiger partial charge in [-0.15, -0.1) is 10.1 Å². The van der Waals surface area contributed by atoms with Gasteiger partial charge in [0.1, 0.15) is 13.2 Å². The maximum Gasteiger partial charge on any atom is 0.407 e. The number of benzene rings is 4. The van der Waals surface area contributed by atoms with E-state index in [2.05, 4.69) is 64.0 Å². The maximum atomic E-state index is 12.0. The van der Waals surface area contributed by atoms with Gasteiger partial charge >= 0.3 is 12.2 Å². The first-order chi connectivity index (χ1) is 28.0. The van der Waals surface area contributed by atoms with Crippen molar-refractivity contribution in [3.63, 3.8) is 0 Å². The lowest BCUT2D eigenvalue weighted by Crippen LogP contribution is -2.27. The molecule has 310 valence electrons. The Hall–Kier alpha value is -5.79. The van der Waals surface area contributed by atoms with Gasteiger partial charge in [0, 0.05) is 37.0 Å². The average molecular weight is 796 g/mol. The molecule has 58 heavy (non-hydrogen) atoms. The van der Waals surface area contributed by atoms with E-state index < -0.39 is 11.7 Å². The van der Waals surface area contributed by atoms with Crippen LogP contribution in [0.25, 0.3) is 22.3 Å². The molecule has 2 aliphatic carbocycles. The van der Waals surface area contributed by atoms with Crippen molar-refractivity contribution in [2.24, 2.45) is 11.5 Å². The molecule has 4 aromatic rings. The fourth-order valence-electron chi connectivity index (χ4n) is 7.01. The first-order valence-electron chi connectivity index (χ1n) is 19.9. The van der Waals surface area contributed by atoms with Crippen molar-refractivity contribution in [3.05, 3.63) is 129 Å². The number of ether oxygens (including phenoxy) is 2. The number of unbranched alkanes of at least 4 members (excludes halogenated alkanes) is 2. The Balaban J connectivity index is 0.000000217. The SMILES string of the molecule is CC(=O)CO[N+](=O)[O-].CC(N)CCCCNC(=O)OCC1c2ccccc2-c2ccccc21.CC(N)CCCCNC(=O)OCC1c2ccccc2-c2ccccc21. The van der Waals surface area contributed by atoms with Crippen LogP contribution in [0.3, 0.4) is 0 Å². The highest BCUT2D eigenvalue weighted by atomic mass is 16.9. The molecular weight excluding hydrogens is 739 g/mol. The summed E-state index contributed by atoms with van der Waals surface area (Å²) in [5, 5.41) is 14.0. The Morgan fingerprint density at radius 3 is 1.22 bits per heavy atom. The Morgan fingerprint density at radius 2 is 0.948 bits per heavy atom. The summed E-state index contributed by atoms with van der Waals surface area (Å²) in [4.78, 5) is 46.9. The monoisotopic (exact) mass is 795 g/mol. The maximum absolute atomic E-state index is 12.0. The standard InChI is InChI=1S/2C21H26N2O2.C3H5NO4/c2*1-15(22)8-6-7-13-23-21(24)25-14-20-18-11-4-2-9-16(18)17-10-3-5-12-19(17)20;1-3(5)2-8-4(6)7/h2*2-5,9-12,15,20H,6-8,13-14,22H2,1H3,(H,23,24);2H2,1H3. The van der Waals surface area contributed by atoms with Crippen LogP contribution in [0, 0.1) is 10.1 Å². The quantitative estimate of drug-likeness (QED) is 0.0463. The van der Waals surface area contributed by atoms with E-state index in [0.717, 1.165) is 38.5 Å². The van der Waals surface area contributed by atoms with Gasteiger partial charge in [0.2, 0.25) is 0 Å². The molecule has 0 radical (unpaired) electrons. The molecule has 2 amide bonds. The highest BCUT2D eigenvalue weighted by Crippen LogP contribution is 2.45. The van der Waals surface area contributed by atoms with Gasteiger partial charge in [0.15, 0.2) is 12.4 Å². The van der Waals surface area contributed by atoms with Crippen molar-refractivity contribution >= 4 is 18.0 Å². The number of fused-ring (bicyclic) bond motifs is 6. The van der Waals surface area contributed by atoms with Crippen LogP contribution in [-0.2, 0) is 19.1 Å². The first kappa shape index (κ1) is 44.9. The van der Waals surface area contributed by atoms with Gasteiger partial charge in [-0.3, -0.25) is 4.79 Å². The third-order valence-electron chi connectivity index (χ3n) is 9.77. The predicted molar refractivity (Wildman–Crippen MR) is 225 cm³/mol. The lowest BCUT2D eigenvalue weighted by molar-refractivity contribution is -0.754. The zero-order chi connectivity index (χ0) is 41.9. The fraction of sp³-hybridized carbons (Fsp3) is 0.400. The van der Waals surface area contributed by atoms with E-state index in [4.69, 9.17) is 20.9 Å². The summed E-state index contributed by atoms with van der Waals surface area (Å²) in [5.41, 5.74) is 21.3. The molecule has 6 rings (SSSR count). The van der Waals surface area contributed by atoms with Crippen LogP contribution in [0.15, 0.2) is 97.1 Å². The third-order valence-corrected chi connectivity index (χ3v) is 9.77. The zero-order valence-corrected chi connectivity index (χ0v) is 33.7. The number of ketones is 1. The molecule has 13 heteroatoms. The van der Waals surface area contributed by atoms with Gasteiger partial charge in [0.05, 0.1) is 0 Å². The molecule has 0 saturated carbocycles. The largest absolute Gasteiger partial charge is 0.449 e. The topological polar surface area (TPSA) is 198 Å². The molecule has 4 aromatic carbocycles. The summed E-state index contributed by atoms with van der Waals surface area (Å²) < 4.78 is 11.0. The summed E-state index contributed by atoms with van der Waals surface area (Å²) in [5.74, 6) is -0.144. The normalized spacial score (nSPS) is 13.1. The van der Waals surface area contributed by atoms with Crippen LogP contribution in [-0.4, -0.2) is 68.1 Å². The number of Topliss-reactive ketones (excluding diaryl/α,β-unsaturated/α-hetero) is 1. The van der Waals surface area contributed by atoms with Gasteiger partial charge in [0.25, 0.3) is 5.09 Å². The van der Waals surface area contributed by atoms with E-state index in [-0.39, 0.29) is 41.9 Å². The Labute approximate surface area is 340 Å². The van der Waals surface area contributed by atoms with Crippen LogP contribution >= 0.6 is 0 Å². The zero-order valence-electron chi connectivity index (χ0n) is 33.7. The minimum Gasteiger partial charge on any atom is -0.449 e. The predicted octanol–water partition coefficient (Wildman–Crippen LogP) is 7.87. The van der Waals surface area contributed by atoms with Crippen molar-refractivity contribution in [2.75, 3.05) is 32.9 Å². The highest BCUT2D eigenvalue weighted by Gasteiger charge is 2.30. The Kier molecular flexibility index (Phi) is 18.2. The van der Waals surface area contributed by atoms with Crippen LogP contribution in [0.4, 0.5) is 9.59 Å². The first-order valence-corrected chi connectivity index (χ1v) is 19.9. The molecule has 0 fully saturated rings. The molecular formula is C45H57N5O8. The fourth-order valence-corrected chi connectivity index (χ4v) is 7.01. The van der Waals surface area contributed by atoms with E-state index in [9.17, 15) is 24.5 Å². The van der Waals surface area contributed by atoms with Gasteiger partial charge in [-0.05, 0) is 91.0 Å². The summed E-state index contributed by atoms with van der Waals surface area (Å²) >= 11 is 0. The molecule has 0 aliphatic heterocycles. The van der Waals surface area contributed by atoms with E-state index in [0.29, 0.717) is 26.3 Å². The number of nitrogens with zero attached hydrogens (tertiary/aromatic N) is 1. The highest BCUT2D eigenvalue weighted by molar-refractivity contribution is 5.80. The van der Waals surface area contributed by atoms with Gasteiger partial charge in [-0.25, -0.2) is 9.59 Å². The van der Waals surface area contributed by atoms with E-state index in [1.54, 1.807) is 0 Å². The second-order valence-corrected chi connectivity index (χ2v) is 14.6. The Morgan fingerprint density at radius 1 is 0.621 bits per heavy atom. The van der Waals surface area contributed by atoms with Gasteiger partial charge in [-0.1, -0.05) is 110 Å². The molecule has 2 unspecified atom stereocenters. The van der Waals surface area contributed by atoms with Gasteiger partial charge in [-0.2, -0.15) is 0 Å². The molecule has 0 heterocycles. The molecule has 0 bridgehead atoms. The van der Waals surface area contributed by atoms with E-state index in [1.165, 1.54) is 51.4 Å². The van der Waals surface area contributed by atoms with Crippen LogP contribution in [0.5, 0.6) is 0 Å². The summed E-state index contributed by atoms with van der Waals surface area (Å²) in [6.07, 6.45) is 5.14. The summed E-state index contributed by atoms with van der Waals surface area (Å²) in [6.45, 7) is 6.74. The smallest absolute Gasteiger partial charge is 0.407 e. The third kappa shape index (κ3) is 14.0. The minimum atomic E-state index is -0.999. The van der Waals surface area contributed by atoms with Crippen LogP contribution < -0.4 is 22.1 Å². The molecule has 0 aromatic heterocycles. The number of hydrogen-bond acceptors (Lipinski definition) is 10. The van der Waals surface area contributed by atoms with Gasteiger partial charge < -0.3 is 36.4 Å². The molecule has 0 spiro atoms. The van der Waals surface area contributed by atoms with Crippen molar-refractivity contribution in [3.8, 4) is 22.3 Å². The number of carbonyl (C=O) groups excluding carboxylic acids is 3. The van der Waals surface area contributed by atoms with E-state index in [1.807, 2.05) is 62.4 Å². The summed E-state index contributed by atoms with van der Waals surface area (Å²) in [7, 11) is 0. The number of alkyl carbamates (subject to hydrolysis) is 2. The van der Waals surface area contributed by atoms with Crippen molar-refractivity contribution in [2.45, 2.75) is 83.2 Å². The number of hydrogen-bond donors (Lipinski definition) is 4. The van der Waals surface area contributed by atoms with Crippen molar-refractivity contribution in [1.82, 2.24) is 10.6 Å².